The molecule has 5 heteroatoms. The summed E-state index contributed by atoms with van der Waals surface area (Å²) in [6, 6.07) is 3.34. The molecule has 1 aliphatic carbocycles. The normalized spacial score (nSPS) is 21.4. The highest BCUT2D eigenvalue weighted by molar-refractivity contribution is 5.69. The molecule has 0 atom stereocenters. The van der Waals surface area contributed by atoms with Gasteiger partial charge in [-0.1, -0.05) is 13.8 Å². The second-order valence-electron chi connectivity index (χ2n) is 6.03. The molecular weight excluding hydrogens is 282 g/mol. The highest BCUT2D eigenvalue weighted by Gasteiger charge is 2.21. The van der Waals surface area contributed by atoms with Crippen LogP contribution in [0.25, 0.3) is 0 Å². The predicted octanol–water partition coefficient (Wildman–Crippen LogP) is 2.76. The van der Waals surface area contributed by atoms with Crippen molar-refractivity contribution >= 4 is 5.97 Å². The lowest BCUT2D eigenvalue weighted by Crippen LogP contribution is -2.29. The van der Waals surface area contributed by atoms with Crippen LogP contribution in [0.1, 0.15) is 46.0 Å². The summed E-state index contributed by atoms with van der Waals surface area (Å²) in [6.45, 7) is 4.63. The number of nitrogens with zero attached hydrogens (tertiary/aromatic N) is 1. The third kappa shape index (κ3) is 4.61. The first-order valence-corrected chi connectivity index (χ1v) is 8.12. The van der Waals surface area contributed by atoms with Crippen molar-refractivity contribution in [2.45, 2.75) is 58.6 Å². The predicted molar refractivity (Wildman–Crippen MR) is 84.0 cm³/mol. The molecule has 0 aromatic carbocycles. The Kier molecular flexibility index (Phi) is 6.04. The van der Waals surface area contributed by atoms with Crippen molar-refractivity contribution < 1.29 is 14.3 Å². The number of rotatable bonds is 6. The fourth-order valence-corrected chi connectivity index (χ4v) is 2.67. The first kappa shape index (κ1) is 16.6. The van der Waals surface area contributed by atoms with Crippen LogP contribution >= 0.6 is 0 Å². The summed E-state index contributed by atoms with van der Waals surface area (Å²) in [5.41, 5.74) is -0.287. The maximum absolute atomic E-state index is 12.2. The van der Waals surface area contributed by atoms with Crippen molar-refractivity contribution in [1.29, 1.82) is 0 Å². The largest absolute Gasteiger partial charge is 0.488 e. The number of esters is 1. The van der Waals surface area contributed by atoms with Gasteiger partial charge in [0.05, 0.1) is 6.61 Å². The zero-order valence-electron chi connectivity index (χ0n) is 13.4. The van der Waals surface area contributed by atoms with E-state index in [2.05, 4.69) is 6.92 Å². The number of ether oxygens (including phenoxy) is 2. The molecule has 2 rings (SSSR count). The van der Waals surface area contributed by atoms with E-state index in [9.17, 15) is 9.59 Å². The zero-order valence-corrected chi connectivity index (χ0v) is 13.4. The molecule has 1 aliphatic rings. The van der Waals surface area contributed by atoms with E-state index >= 15 is 0 Å². The SMILES string of the molecule is CCCOc1cccn(CC(=O)OC2CCC(C)CC2)c1=O. The van der Waals surface area contributed by atoms with E-state index in [1.807, 2.05) is 6.92 Å². The summed E-state index contributed by atoms with van der Waals surface area (Å²) in [5.74, 6) is 0.642. The van der Waals surface area contributed by atoms with Gasteiger partial charge < -0.3 is 14.0 Å². The van der Waals surface area contributed by atoms with Crippen LogP contribution in [0.5, 0.6) is 5.75 Å². The Hall–Kier alpha value is -1.78. The third-order valence-electron chi connectivity index (χ3n) is 4.01. The van der Waals surface area contributed by atoms with Gasteiger partial charge in [0.1, 0.15) is 12.6 Å². The van der Waals surface area contributed by atoms with Crippen LogP contribution in [0.15, 0.2) is 23.1 Å². The smallest absolute Gasteiger partial charge is 0.326 e. The molecule has 1 aromatic rings. The number of aromatic nitrogens is 1. The molecule has 1 heterocycles. The average Bonchev–Trinajstić information content (AvgIpc) is 2.50. The maximum Gasteiger partial charge on any atom is 0.326 e. The molecule has 0 saturated heterocycles. The highest BCUT2D eigenvalue weighted by atomic mass is 16.5. The Morgan fingerprint density at radius 3 is 2.73 bits per heavy atom. The van der Waals surface area contributed by atoms with Gasteiger partial charge in [-0.3, -0.25) is 9.59 Å². The summed E-state index contributed by atoms with van der Waals surface area (Å²) in [4.78, 5) is 24.2. The van der Waals surface area contributed by atoms with Gasteiger partial charge in [-0.25, -0.2) is 0 Å². The molecule has 0 aliphatic heterocycles. The van der Waals surface area contributed by atoms with Crippen LogP contribution < -0.4 is 10.3 Å². The van der Waals surface area contributed by atoms with Gasteiger partial charge in [-0.15, -0.1) is 0 Å². The molecule has 22 heavy (non-hydrogen) atoms. The van der Waals surface area contributed by atoms with Crippen LogP contribution in [0.4, 0.5) is 0 Å². The van der Waals surface area contributed by atoms with Gasteiger partial charge in [-0.2, -0.15) is 0 Å². The summed E-state index contributed by atoms with van der Waals surface area (Å²) in [6.07, 6.45) is 6.44. The van der Waals surface area contributed by atoms with Crippen molar-refractivity contribution in [3.63, 3.8) is 0 Å². The maximum atomic E-state index is 12.2. The monoisotopic (exact) mass is 307 g/mol. The molecular formula is C17H25NO4. The standard InChI is InChI=1S/C17H25NO4/c1-3-11-21-15-5-4-10-18(17(15)20)12-16(19)22-14-8-6-13(2)7-9-14/h4-5,10,13-14H,3,6-9,11-12H2,1-2H3. The second-order valence-corrected chi connectivity index (χ2v) is 6.03. The van der Waals surface area contributed by atoms with Gasteiger partial charge in [0.25, 0.3) is 5.56 Å². The van der Waals surface area contributed by atoms with E-state index in [0.29, 0.717) is 12.5 Å². The van der Waals surface area contributed by atoms with Gasteiger partial charge in [0.2, 0.25) is 0 Å². The van der Waals surface area contributed by atoms with Crippen molar-refractivity contribution in [1.82, 2.24) is 4.57 Å². The van der Waals surface area contributed by atoms with E-state index in [1.54, 1.807) is 18.3 Å². The quantitative estimate of drug-likeness (QED) is 0.758. The number of pyridine rings is 1. The molecule has 0 amide bonds. The lowest BCUT2D eigenvalue weighted by Gasteiger charge is -2.26. The molecule has 0 N–H and O–H groups in total. The summed E-state index contributed by atoms with van der Waals surface area (Å²) >= 11 is 0. The lowest BCUT2D eigenvalue weighted by molar-refractivity contribution is -0.151. The lowest BCUT2D eigenvalue weighted by atomic mass is 9.89. The molecule has 122 valence electrons. The number of carbonyl (C=O) groups is 1. The second kappa shape index (κ2) is 8.01. The zero-order chi connectivity index (χ0) is 15.9. The Morgan fingerprint density at radius 1 is 1.32 bits per heavy atom. The minimum Gasteiger partial charge on any atom is -0.488 e. The van der Waals surface area contributed by atoms with E-state index in [4.69, 9.17) is 9.47 Å². The number of carbonyl (C=O) groups excluding carboxylic acids is 1. The van der Waals surface area contributed by atoms with Gasteiger partial charge in [-0.05, 0) is 50.2 Å². The van der Waals surface area contributed by atoms with Gasteiger partial charge in [0, 0.05) is 6.20 Å². The Bertz CT molecular complexity index is 544. The summed E-state index contributed by atoms with van der Waals surface area (Å²) in [5, 5.41) is 0. The topological polar surface area (TPSA) is 57.5 Å². The van der Waals surface area contributed by atoms with E-state index in [0.717, 1.165) is 32.1 Å². The number of hydrogen-bond donors (Lipinski definition) is 0. The highest BCUT2D eigenvalue weighted by Crippen LogP contribution is 2.25. The minimum atomic E-state index is -0.353. The minimum absolute atomic E-state index is 0.000994. The molecule has 1 fully saturated rings. The third-order valence-corrected chi connectivity index (χ3v) is 4.01. The Morgan fingerprint density at radius 2 is 2.05 bits per heavy atom. The fraction of sp³-hybridized carbons (Fsp3) is 0.647. The molecule has 0 spiro atoms. The number of hydrogen-bond acceptors (Lipinski definition) is 4. The van der Waals surface area contributed by atoms with E-state index < -0.39 is 0 Å². The summed E-state index contributed by atoms with van der Waals surface area (Å²) < 4.78 is 12.2. The van der Waals surface area contributed by atoms with E-state index in [-0.39, 0.29) is 29.9 Å². The van der Waals surface area contributed by atoms with Crippen LogP contribution in [0.3, 0.4) is 0 Å². The Labute approximate surface area is 131 Å². The molecule has 1 saturated carbocycles. The van der Waals surface area contributed by atoms with Crippen molar-refractivity contribution in [3.05, 3.63) is 28.7 Å². The molecule has 1 aromatic heterocycles. The van der Waals surface area contributed by atoms with Crippen molar-refractivity contribution in [2.75, 3.05) is 6.61 Å². The molecule has 0 radical (unpaired) electrons. The van der Waals surface area contributed by atoms with Crippen molar-refractivity contribution in [3.8, 4) is 5.75 Å². The molecule has 5 nitrogen and oxygen atoms in total. The van der Waals surface area contributed by atoms with Crippen LogP contribution in [-0.2, 0) is 16.1 Å². The first-order valence-electron chi connectivity index (χ1n) is 8.12. The molecule has 0 bridgehead atoms. The van der Waals surface area contributed by atoms with E-state index in [1.165, 1.54) is 4.57 Å². The van der Waals surface area contributed by atoms with Crippen LogP contribution in [0, 0.1) is 5.92 Å². The van der Waals surface area contributed by atoms with Crippen LogP contribution in [-0.4, -0.2) is 23.2 Å². The van der Waals surface area contributed by atoms with Crippen molar-refractivity contribution in [2.24, 2.45) is 5.92 Å². The summed E-state index contributed by atoms with van der Waals surface area (Å²) in [7, 11) is 0. The van der Waals surface area contributed by atoms with Gasteiger partial charge in [0.15, 0.2) is 5.75 Å². The molecule has 0 unspecified atom stereocenters. The Balaban J connectivity index is 1.92. The average molecular weight is 307 g/mol. The first-order chi connectivity index (χ1) is 10.6. The van der Waals surface area contributed by atoms with Crippen LogP contribution in [0.2, 0.25) is 0 Å². The van der Waals surface area contributed by atoms with Gasteiger partial charge >= 0.3 is 5.97 Å². The fourth-order valence-electron chi connectivity index (χ4n) is 2.67.